The van der Waals surface area contributed by atoms with Crippen LogP contribution in [0.25, 0.3) is 0 Å². The fourth-order valence-corrected chi connectivity index (χ4v) is 8.38. The molecule has 34 heavy (non-hydrogen) atoms. The first-order valence-electron chi connectivity index (χ1n) is 10.8. The van der Waals surface area contributed by atoms with E-state index in [2.05, 4.69) is 0 Å². The van der Waals surface area contributed by atoms with Crippen LogP contribution >= 0.6 is 7.28 Å². The molecule has 0 unspecified atom stereocenters. The first-order chi connectivity index (χ1) is 16.3. The second-order valence-corrected chi connectivity index (χ2v) is 11.3. The summed E-state index contributed by atoms with van der Waals surface area (Å²) >= 11 is 0. The predicted molar refractivity (Wildman–Crippen MR) is 136 cm³/mol. The standard InChI is InChI=1S/C27H26NO5P/c1-21-13-7-10-18-25(21)32-34(33-28(29)30,26-19-11-8-14-22(26)2,27-20-12-9-15-23(27)3)31-24-16-5-4-6-17-24/h4-20H,1-3H3. The minimum absolute atomic E-state index is 0.391. The van der Waals surface area contributed by atoms with Crippen LogP contribution < -0.4 is 19.7 Å². The van der Waals surface area contributed by atoms with Crippen LogP contribution in [0.4, 0.5) is 0 Å². The van der Waals surface area contributed by atoms with E-state index in [0.717, 1.165) is 16.7 Å². The van der Waals surface area contributed by atoms with Crippen molar-refractivity contribution in [3.05, 3.63) is 130 Å². The van der Waals surface area contributed by atoms with Crippen molar-refractivity contribution >= 4 is 17.9 Å². The molecule has 0 N–H and O–H groups in total. The van der Waals surface area contributed by atoms with E-state index in [1.54, 1.807) is 54.6 Å². The summed E-state index contributed by atoms with van der Waals surface area (Å²) in [5.41, 5.74) is 2.28. The van der Waals surface area contributed by atoms with Gasteiger partial charge in [-0.15, -0.1) is 0 Å². The summed E-state index contributed by atoms with van der Waals surface area (Å²) in [5.74, 6) is 0.826. The monoisotopic (exact) mass is 475 g/mol. The van der Waals surface area contributed by atoms with Gasteiger partial charge in [0.05, 0.1) is 0 Å². The van der Waals surface area contributed by atoms with Gasteiger partial charge in [-0.2, -0.15) is 0 Å². The number of hydrogen-bond donors (Lipinski definition) is 0. The minimum atomic E-state index is -4.99. The fraction of sp³-hybridized carbons (Fsp3) is 0.111. The van der Waals surface area contributed by atoms with Gasteiger partial charge in [0.1, 0.15) is 0 Å². The van der Waals surface area contributed by atoms with E-state index in [-0.39, 0.29) is 0 Å². The van der Waals surface area contributed by atoms with Crippen LogP contribution in [-0.4, -0.2) is 5.09 Å². The van der Waals surface area contributed by atoms with Crippen molar-refractivity contribution in [2.24, 2.45) is 0 Å². The third kappa shape index (κ3) is 4.09. The SMILES string of the molecule is Cc1ccccc1OP(Oc1ccccc1)(O[N+](=O)[O-])(c1ccccc1C)c1ccccc1C. The molecular formula is C27H26NO5P. The van der Waals surface area contributed by atoms with Crippen LogP contribution in [0, 0.1) is 30.9 Å². The summed E-state index contributed by atoms with van der Waals surface area (Å²) in [7, 11) is -4.99. The first kappa shape index (κ1) is 23.3. The number of nitrogens with zero attached hydrogens (tertiary/aromatic N) is 1. The molecule has 0 bridgehead atoms. The molecule has 0 aliphatic carbocycles. The molecule has 0 saturated heterocycles. The number of benzene rings is 4. The molecule has 4 rings (SSSR count). The molecule has 0 aromatic heterocycles. The molecular weight excluding hydrogens is 449 g/mol. The van der Waals surface area contributed by atoms with Gasteiger partial charge >= 0.3 is 199 Å². The van der Waals surface area contributed by atoms with Crippen molar-refractivity contribution in [1.29, 1.82) is 0 Å². The molecule has 4 aromatic carbocycles. The van der Waals surface area contributed by atoms with Gasteiger partial charge in [0.25, 0.3) is 0 Å². The number of hydrogen-bond acceptors (Lipinski definition) is 5. The molecule has 0 aliphatic rings. The quantitative estimate of drug-likeness (QED) is 0.172. The summed E-state index contributed by atoms with van der Waals surface area (Å²) in [6.45, 7) is 5.62. The third-order valence-corrected chi connectivity index (χ3v) is 9.82. The zero-order valence-electron chi connectivity index (χ0n) is 19.3. The Hall–Kier alpha value is -3.89. The molecule has 7 heteroatoms. The van der Waals surface area contributed by atoms with Crippen LogP contribution in [0.5, 0.6) is 11.5 Å². The van der Waals surface area contributed by atoms with E-state index >= 15 is 0 Å². The molecule has 6 nitrogen and oxygen atoms in total. The van der Waals surface area contributed by atoms with Gasteiger partial charge in [-0.1, -0.05) is 0 Å². The second-order valence-electron chi connectivity index (χ2n) is 8.02. The predicted octanol–water partition coefficient (Wildman–Crippen LogP) is 6.23. The van der Waals surface area contributed by atoms with E-state index < -0.39 is 12.4 Å². The third-order valence-electron chi connectivity index (χ3n) is 5.65. The Morgan fingerprint density at radius 2 is 1.09 bits per heavy atom. The normalized spacial score (nSPS) is 12.3. The van der Waals surface area contributed by atoms with Crippen molar-refractivity contribution in [2.75, 3.05) is 0 Å². The van der Waals surface area contributed by atoms with E-state index in [1.807, 2.05) is 69.3 Å². The van der Waals surface area contributed by atoms with Crippen molar-refractivity contribution in [3.63, 3.8) is 0 Å². The zero-order chi connectivity index (χ0) is 24.2. The van der Waals surface area contributed by atoms with E-state index in [9.17, 15) is 10.1 Å². The van der Waals surface area contributed by atoms with Gasteiger partial charge in [0.2, 0.25) is 0 Å². The maximum atomic E-state index is 12.3. The van der Waals surface area contributed by atoms with Crippen LogP contribution in [0.1, 0.15) is 16.7 Å². The van der Waals surface area contributed by atoms with Crippen LogP contribution in [0.2, 0.25) is 0 Å². The Bertz CT molecular complexity index is 1280. The molecule has 0 heterocycles. The average Bonchev–Trinajstić information content (AvgIpc) is 2.81. The maximum absolute atomic E-state index is 12.3. The molecule has 0 amide bonds. The number of para-hydroxylation sites is 2. The average molecular weight is 475 g/mol. The Kier molecular flexibility index (Phi) is 6.27. The molecule has 0 saturated carbocycles. The molecule has 0 fully saturated rings. The van der Waals surface area contributed by atoms with Gasteiger partial charge < -0.3 is 0 Å². The van der Waals surface area contributed by atoms with Gasteiger partial charge in [-0.3, -0.25) is 0 Å². The van der Waals surface area contributed by atoms with Gasteiger partial charge in [-0.05, 0) is 0 Å². The molecule has 174 valence electrons. The summed E-state index contributed by atoms with van der Waals surface area (Å²) in [5, 5.41) is 12.5. The van der Waals surface area contributed by atoms with Crippen molar-refractivity contribution in [2.45, 2.75) is 20.8 Å². The Morgan fingerprint density at radius 1 is 0.618 bits per heavy atom. The first-order valence-corrected chi connectivity index (χ1v) is 12.8. The van der Waals surface area contributed by atoms with Gasteiger partial charge in [0.15, 0.2) is 0 Å². The van der Waals surface area contributed by atoms with Crippen LogP contribution in [-0.2, 0) is 4.62 Å². The topological polar surface area (TPSA) is 70.8 Å². The molecule has 0 spiro atoms. The second kappa shape index (κ2) is 9.16. The van der Waals surface area contributed by atoms with Gasteiger partial charge in [-0.25, -0.2) is 0 Å². The van der Waals surface area contributed by atoms with Gasteiger partial charge in [0, 0.05) is 0 Å². The van der Waals surface area contributed by atoms with Crippen LogP contribution in [0.15, 0.2) is 103 Å². The summed E-state index contributed by atoms with van der Waals surface area (Å²) in [4.78, 5) is 12.3. The molecule has 4 aromatic rings. The van der Waals surface area contributed by atoms with Crippen LogP contribution in [0.3, 0.4) is 0 Å². The molecule has 0 aliphatic heterocycles. The fourth-order valence-electron chi connectivity index (χ4n) is 4.09. The Labute approximate surface area is 199 Å². The van der Waals surface area contributed by atoms with E-state index in [1.165, 1.54) is 0 Å². The Balaban J connectivity index is 2.20. The van der Waals surface area contributed by atoms with Crippen molar-refractivity contribution < 1.29 is 18.8 Å². The summed E-state index contributed by atoms with van der Waals surface area (Å²) in [6.07, 6.45) is 0. The van der Waals surface area contributed by atoms with E-state index in [4.69, 9.17) is 13.7 Å². The molecule has 0 radical (unpaired) electrons. The van der Waals surface area contributed by atoms with Crippen molar-refractivity contribution in [3.8, 4) is 11.5 Å². The summed E-state index contributed by atoms with van der Waals surface area (Å²) < 4.78 is 19.4. The Morgan fingerprint density at radius 3 is 1.59 bits per heavy atom. The molecule has 0 atom stereocenters. The number of aryl methyl sites for hydroxylation is 3. The summed E-state index contributed by atoms with van der Waals surface area (Å²) in [6, 6.07) is 30.9. The zero-order valence-corrected chi connectivity index (χ0v) is 20.1. The van der Waals surface area contributed by atoms with Crippen molar-refractivity contribution in [1.82, 2.24) is 0 Å². The number of rotatable bonds is 8. The van der Waals surface area contributed by atoms with E-state index in [0.29, 0.717) is 22.1 Å².